The van der Waals surface area contributed by atoms with Gasteiger partial charge in [0.2, 0.25) is 5.69 Å². The lowest BCUT2D eigenvalue weighted by Gasteiger charge is -2.11. The van der Waals surface area contributed by atoms with E-state index < -0.39 is 0 Å². The molecule has 2 aromatic carbocycles. The minimum absolute atomic E-state index is 0.562. The minimum Gasteiger partial charge on any atom is -0.618 e. The molecule has 0 unspecified atom stereocenters. The van der Waals surface area contributed by atoms with Crippen LogP contribution in [-0.2, 0) is 0 Å². The van der Waals surface area contributed by atoms with Crippen LogP contribution < -0.4 is 18.9 Å². The minimum atomic E-state index is 0.562. The largest absolute Gasteiger partial charge is 0.618 e. The van der Waals surface area contributed by atoms with Crippen LogP contribution in [-0.4, -0.2) is 21.3 Å². The first kappa shape index (κ1) is 15.0. The van der Waals surface area contributed by atoms with Crippen molar-refractivity contribution < 1.29 is 18.9 Å². The van der Waals surface area contributed by atoms with Gasteiger partial charge in [0.1, 0.15) is 5.75 Å². The van der Waals surface area contributed by atoms with E-state index in [1.165, 1.54) is 6.20 Å². The first-order chi connectivity index (χ1) is 11.2. The Hall–Kier alpha value is -2.95. The molecule has 0 amide bonds. The summed E-state index contributed by atoms with van der Waals surface area (Å²) in [6.07, 6.45) is 1.54. The van der Waals surface area contributed by atoms with E-state index in [-0.39, 0.29) is 0 Å². The van der Waals surface area contributed by atoms with E-state index in [2.05, 4.69) is 0 Å². The molecule has 0 aliphatic carbocycles. The zero-order chi connectivity index (χ0) is 16.4. The summed E-state index contributed by atoms with van der Waals surface area (Å²) in [7, 11) is 4.77. The van der Waals surface area contributed by atoms with Gasteiger partial charge in [-0.25, -0.2) is 0 Å². The fourth-order valence-electron chi connectivity index (χ4n) is 2.53. The molecule has 1 aromatic heterocycles. The normalized spacial score (nSPS) is 10.6. The summed E-state index contributed by atoms with van der Waals surface area (Å²) in [5.41, 5.74) is 1.38. The van der Waals surface area contributed by atoms with Crippen molar-refractivity contribution in [1.82, 2.24) is 0 Å². The van der Waals surface area contributed by atoms with Gasteiger partial charge in [0.15, 0.2) is 17.7 Å². The highest BCUT2D eigenvalue weighted by Gasteiger charge is 2.14. The molecule has 118 valence electrons. The lowest BCUT2D eigenvalue weighted by atomic mass is 10.1. The van der Waals surface area contributed by atoms with Gasteiger partial charge in [-0.3, -0.25) is 0 Å². The molecule has 0 saturated carbocycles. The lowest BCUT2D eigenvalue weighted by Crippen LogP contribution is -2.28. The SMILES string of the molecule is COc1ccc(-c2cc3cc(OC)c(OC)cc3c[n+]2[O-])cc1. The Balaban J connectivity index is 2.15. The molecular formula is C18H17NO4. The molecule has 0 N–H and O–H groups in total. The smallest absolute Gasteiger partial charge is 0.224 e. The molecule has 0 aliphatic heterocycles. The number of benzene rings is 2. The molecule has 0 fully saturated rings. The average molecular weight is 311 g/mol. The molecule has 5 nitrogen and oxygen atoms in total. The maximum absolute atomic E-state index is 12.4. The Morgan fingerprint density at radius 1 is 0.783 bits per heavy atom. The molecule has 1 heterocycles. The van der Waals surface area contributed by atoms with Crippen LogP contribution in [0.1, 0.15) is 0 Å². The Labute approximate surface area is 134 Å². The Bertz CT molecular complexity index is 844. The van der Waals surface area contributed by atoms with Gasteiger partial charge < -0.3 is 19.4 Å². The molecule has 3 rings (SSSR count). The number of fused-ring (bicyclic) bond motifs is 1. The van der Waals surface area contributed by atoms with Gasteiger partial charge in [-0.05, 0) is 41.8 Å². The molecular weight excluding hydrogens is 294 g/mol. The van der Waals surface area contributed by atoms with Crippen molar-refractivity contribution in [2.24, 2.45) is 0 Å². The number of methoxy groups -OCH3 is 3. The first-order valence-electron chi connectivity index (χ1n) is 7.09. The molecule has 0 spiro atoms. The van der Waals surface area contributed by atoms with Gasteiger partial charge in [-0.15, -0.1) is 0 Å². The molecule has 0 bridgehead atoms. The van der Waals surface area contributed by atoms with Crippen molar-refractivity contribution in [1.29, 1.82) is 0 Å². The van der Waals surface area contributed by atoms with E-state index >= 15 is 0 Å². The van der Waals surface area contributed by atoms with Crippen molar-refractivity contribution in [3.8, 4) is 28.5 Å². The van der Waals surface area contributed by atoms with Crippen molar-refractivity contribution in [2.75, 3.05) is 21.3 Å². The molecule has 0 radical (unpaired) electrons. The van der Waals surface area contributed by atoms with Crippen LogP contribution in [0.3, 0.4) is 0 Å². The lowest BCUT2D eigenvalue weighted by molar-refractivity contribution is -0.592. The highest BCUT2D eigenvalue weighted by Crippen LogP contribution is 2.33. The van der Waals surface area contributed by atoms with Gasteiger partial charge in [0, 0.05) is 11.6 Å². The Kier molecular flexibility index (Phi) is 3.93. The summed E-state index contributed by atoms with van der Waals surface area (Å²) < 4.78 is 16.6. The molecule has 3 aromatic rings. The number of rotatable bonds is 4. The molecule has 23 heavy (non-hydrogen) atoms. The standard InChI is InChI=1S/C18H17NO4/c1-21-15-6-4-12(5-7-15)16-8-13-9-17(22-2)18(23-3)10-14(13)11-19(16)20/h4-11H,1-3H3. The van der Waals surface area contributed by atoms with Crippen LogP contribution in [0, 0.1) is 5.21 Å². The second-order valence-electron chi connectivity index (χ2n) is 5.05. The molecule has 0 atom stereocenters. The number of hydrogen-bond donors (Lipinski definition) is 0. The van der Waals surface area contributed by atoms with Gasteiger partial charge in [-0.2, -0.15) is 4.73 Å². The molecule has 0 saturated heterocycles. The summed E-state index contributed by atoms with van der Waals surface area (Å²) >= 11 is 0. The maximum atomic E-state index is 12.4. The predicted molar refractivity (Wildman–Crippen MR) is 88.0 cm³/mol. The average Bonchev–Trinajstić information content (AvgIpc) is 2.60. The van der Waals surface area contributed by atoms with Crippen LogP contribution in [0.2, 0.25) is 0 Å². The fraction of sp³-hybridized carbons (Fsp3) is 0.167. The zero-order valence-electron chi connectivity index (χ0n) is 13.2. The van der Waals surface area contributed by atoms with Gasteiger partial charge in [-0.1, -0.05) is 0 Å². The second kappa shape index (κ2) is 6.04. The van der Waals surface area contributed by atoms with Crippen LogP contribution >= 0.6 is 0 Å². The van der Waals surface area contributed by atoms with Crippen molar-refractivity contribution in [3.63, 3.8) is 0 Å². The van der Waals surface area contributed by atoms with E-state index in [1.54, 1.807) is 27.4 Å². The summed E-state index contributed by atoms with van der Waals surface area (Å²) in [6, 6.07) is 12.9. The summed E-state index contributed by atoms with van der Waals surface area (Å²) in [4.78, 5) is 0. The maximum Gasteiger partial charge on any atom is 0.224 e. The second-order valence-corrected chi connectivity index (χ2v) is 5.05. The van der Waals surface area contributed by atoms with Gasteiger partial charge in [0.05, 0.1) is 26.7 Å². The van der Waals surface area contributed by atoms with Crippen LogP contribution in [0.5, 0.6) is 17.2 Å². The highest BCUT2D eigenvalue weighted by atomic mass is 16.5. The summed E-state index contributed by atoms with van der Waals surface area (Å²) in [5, 5.41) is 14.0. The predicted octanol–water partition coefficient (Wildman–Crippen LogP) is 3.17. The van der Waals surface area contributed by atoms with E-state index in [1.807, 2.05) is 36.4 Å². The fourth-order valence-corrected chi connectivity index (χ4v) is 2.53. The van der Waals surface area contributed by atoms with Crippen LogP contribution in [0.15, 0.2) is 48.7 Å². The number of ether oxygens (including phenoxy) is 3. The first-order valence-corrected chi connectivity index (χ1v) is 7.09. The van der Waals surface area contributed by atoms with E-state index in [9.17, 15) is 5.21 Å². The third kappa shape index (κ3) is 2.73. The summed E-state index contributed by atoms with van der Waals surface area (Å²) in [6.45, 7) is 0. The number of pyridine rings is 1. The quantitative estimate of drug-likeness (QED) is 0.548. The molecule has 5 heteroatoms. The third-order valence-electron chi connectivity index (χ3n) is 3.76. The topological polar surface area (TPSA) is 54.6 Å². The van der Waals surface area contributed by atoms with E-state index in [0.717, 1.165) is 26.8 Å². The van der Waals surface area contributed by atoms with Crippen molar-refractivity contribution >= 4 is 10.8 Å². The van der Waals surface area contributed by atoms with Gasteiger partial charge >= 0.3 is 0 Å². The third-order valence-corrected chi connectivity index (χ3v) is 3.76. The van der Waals surface area contributed by atoms with Crippen LogP contribution in [0.4, 0.5) is 0 Å². The number of nitrogens with zero attached hydrogens (tertiary/aromatic N) is 1. The Morgan fingerprint density at radius 2 is 1.39 bits per heavy atom. The molecule has 0 aliphatic rings. The van der Waals surface area contributed by atoms with Crippen LogP contribution in [0.25, 0.3) is 22.0 Å². The number of aromatic nitrogens is 1. The Morgan fingerprint density at radius 3 is 1.96 bits per heavy atom. The van der Waals surface area contributed by atoms with E-state index in [0.29, 0.717) is 17.2 Å². The monoisotopic (exact) mass is 311 g/mol. The van der Waals surface area contributed by atoms with E-state index in [4.69, 9.17) is 14.2 Å². The van der Waals surface area contributed by atoms with Crippen molar-refractivity contribution in [3.05, 3.63) is 53.9 Å². The summed E-state index contributed by atoms with van der Waals surface area (Å²) in [5.74, 6) is 1.97. The van der Waals surface area contributed by atoms with Crippen molar-refractivity contribution in [2.45, 2.75) is 0 Å². The number of hydrogen-bond acceptors (Lipinski definition) is 4. The van der Waals surface area contributed by atoms with Gasteiger partial charge in [0.25, 0.3) is 0 Å². The highest BCUT2D eigenvalue weighted by molar-refractivity contribution is 5.87. The zero-order valence-corrected chi connectivity index (χ0v) is 13.2.